The monoisotopic (exact) mass is 345 g/mol. The summed E-state index contributed by atoms with van der Waals surface area (Å²) in [6.07, 6.45) is 5.76. The number of piperidine rings is 1. The minimum absolute atomic E-state index is 0.0920. The zero-order valence-electron chi connectivity index (χ0n) is 14.9. The van der Waals surface area contributed by atoms with Crippen LogP contribution in [0.15, 0.2) is 30.6 Å². The van der Waals surface area contributed by atoms with Gasteiger partial charge in [-0.25, -0.2) is 9.37 Å². The van der Waals surface area contributed by atoms with Crippen LogP contribution in [0, 0.1) is 5.82 Å². The molecule has 0 radical (unpaired) electrons. The van der Waals surface area contributed by atoms with Gasteiger partial charge in [-0.3, -0.25) is 4.79 Å². The number of likely N-dealkylation sites (tertiary alicyclic amines) is 1. The Labute approximate surface area is 147 Å². The number of hydrogen-bond donors (Lipinski definition) is 0. The van der Waals surface area contributed by atoms with Crippen LogP contribution in [0.25, 0.3) is 0 Å². The molecule has 0 spiro atoms. The highest BCUT2D eigenvalue weighted by molar-refractivity contribution is 5.94. The van der Waals surface area contributed by atoms with Gasteiger partial charge < -0.3 is 14.2 Å². The molecular weight excluding hydrogens is 321 g/mol. The third kappa shape index (κ3) is 3.52. The quantitative estimate of drug-likeness (QED) is 0.850. The van der Waals surface area contributed by atoms with Crippen LogP contribution in [0.1, 0.15) is 54.8 Å². The Kier molecular flexibility index (Phi) is 5.06. The van der Waals surface area contributed by atoms with Crippen molar-refractivity contribution in [2.45, 2.75) is 38.6 Å². The van der Waals surface area contributed by atoms with E-state index in [4.69, 9.17) is 4.74 Å². The minimum Gasteiger partial charge on any atom is -0.494 e. The average molecular weight is 345 g/mol. The Morgan fingerprint density at radius 2 is 2.20 bits per heavy atom. The van der Waals surface area contributed by atoms with E-state index >= 15 is 0 Å². The van der Waals surface area contributed by atoms with Crippen LogP contribution in [0.4, 0.5) is 4.39 Å². The number of amides is 1. The smallest absolute Gasteiger partial charge is 0.254 e. The van der Waals surface area contributed by atoms with Gasteiger partial charge in [0.25, 0.3) is 5.91 Å². The van der Waals surface area contributed by atoms with Gasteiger partial charge >= 0.3 is 0 Å². The zero-order chi connectivity index (χ0) is 18.0. The highest BCUT2D eigenvalue weighted by atomic mass is 19.1. The van der Waals surface area contributed by atoms with E-state index in [0.717, 1.165) is 18.7 Å². The normalized spacial score (nSPS) is 17.8. The maximum absolute atomic E-state index is 13.6. The summed E-state index contributed by atoms with van der Waals surface area (Å²) in [6.45, 7) is 5.59. The molecular formula is C19H24FN3O2. The first-order valence-corrected chi connectivity index (χ1v) is 8.66. The molecule has 1 aromatic carbocycles. The lowest BCUT2D eigenvalue weighted by Crippen LogP contribution is -2.39. The number of aromatic nitrogens is 2. The second-order valence-electron chi connectivity index (χ2n) is 6.73. The van der Waals surface area contributed by atoms with Gasteiger partial charge in [0.1, 0.15) is 5.82 Å². The van der Waals surface area contributed by atoms with E-state index in [-0.39, 0.29) is 17.6 Å². The second kappa shape index (κ2) is 7.25. The van der Waals surface area contributed by atoms with Gasteiger partial charge in [0, 0.05) is 43.0 Å². The maximum atomic E-state index is 13.6. The molecule has 0 aliphatic carbocycles. The largest absolute Gasteiger partial charge is 0.494 e. The van der Waals surface area contributed by atoms with E-state index < -0.39 is 5.82 Å². The molecule has 1 fully saturated rings. The van der Waals surface area contributed by atoms with Crippen molar-refractivity contribution in [1.29, 1.82) is 0 Å². The SMILES string of the molecule is COc1cc(C(=O)N2CCC[C@H](c3nccn3C(C)C)C2)ccc1F. The summed E-state index contributed by atoms with van der Waals surface area (Å²) in [5.74, 6) is 0.788. The van der Waals surface area contributed by atoms with Crippen LogP contribution in [0.5, 0.6) is 5.75 Å². The fraction of sp³-hybridized carbons (Fsp3) is 0.474. The van der Waals surface area contributed by atoms with Crippen molar-refractivity contribution in [3.63, 3.8) is 0 Å². The van der Waals surface area contributed by atoms with Crippen molar-refractivity contribution in [1.82, 2.24) is 14.5 Å². The van der Waals surface area contributed by atoms with Crippen molar-refractivity contribution in [3.8, 4) is 5.75 Å². The van der Waals surface area contributed by atoms with E-state index in [9.17, 15) is 9.18 Å². The van der Waals surface area contributed by atoms with Gasteiger partial charge in [-0.05, 0) is 44.9 Å². The Hall–Kier alpha value is -2.37. The van der Waals surface area contributed by atoms with Crippen LogP contribution in [0.2, 0.25) is 0 Å². The molecule has 1 atom stereocenters. The summed E-state index contributed by atoms with van der Waals surface area (Å²) >= 11 is 0. The summed E-state index contributed by atoms with van der Waals surface area (Å²) < 4.78 is 20.7. The molecule has 1 amide bonds. The van der Waals surface area contributed by atoms with Crippen LogP contribution in [-0.2, 0) is 0 Å². The predicted molar refractivity (Wildman–Crippen MR) is 93.4 cm³/mol. The third-order valence-corrected chi connectivity index (χ3v) is 4.73. The van der Waals surface area contributed by atoms with Crippen molar-refractivity contribution in [3.05, 3.63) is 47.8 Å². The molecule has 0 bridgehead atoms. The van der Waals surface area contributed by atoms with E-state index in [0.29, 0.717) is 24.7 Å². The number of halogens is 1. The first-order valence-electron chi connectivity index (χ1n) is 8.66. The summed E-state index contributed by atoms with van der Waals surface area (Å²) in [4.78, 5) is 19.2. The number of methoxy groups -OCH3 is 1. The van der Waals surface area contributed by atoms with E-state index in [1.54, 1.807) is 0 Å². The zero-order valence-corrected chi connectivity index (χ0v) is 14.9. The van der Waals surface area contributed by atoms with Crippen LogP contribution in [0.3, 0.4) is 0 Å². The Bertz CT molecular complexity index is 757. The van der Waals surface area contributed by atoms with E-state index in [1.807, 2.05) is 17.3 Å². The highest BCUT2D eigenvalue weighted by Gasteiger charge is 2.28. The van der Waals surface area contributed by atoms with Crippen molar-refractivity contribution < 1.29 is 13.9 Å². The second-order valence-corrected chi connectivity index (χ2v) is 6.73. The minimum atomic E-state index is -0.463. The number of carbonyl (C=O) groups is 1. The summed E-state index contributed by atoms with van der Waals surface area (Å²) in [5, 5.41) is 0. The molecule has 1 aliphatic heterocycles. The molecule has 1 aliphatic rings. The first kappa shape index (κ1) is 17.5. The summed E-state index contributed by atoms with van der Waals surface area (Å²) in [6, 6.07) is 4.60. The highest BCUT2D eigenvalue weighted by Crippen LogP contribution is 2.29. The standard InChI is InChI=1S/C19H24FN3O2/c1-13(2)23-10-8-21-18(23)15-5-4-9-22(12-15)19(24)14-6-7-16(20)17(11-14)25-3/h6-8,10-11,13,15H,4-5,9,12H2,1-3H3/t15-/m0/s1. The number of imidazole rings is 1. The Balaban J connectivity index is 1.79. The molecule has 0 N–H and O–H groups in total. The van der Waals surface area contributed by atoms with Crippen molar-refractivity contribution >= 4 is 5.91 Å². The van der Waals surface area contributed by atoms with Gasteiger partial charge in [0.2, 0.25) is 0 Å². The van der Waals surface area contributed by atoms with Gasteiger partial charge in [-0.2, -0.15) is 0 Å². The Morgan fingerprint density at radius 1 is 1.40 bits per heavy atom. The number of ether oxygens (including phenoxy) is 1. The van der Waals surface area contributed by atoms with E-state index in [2.05, 4.69) is 23.4 Å². The molecule has 1 aromatic heterocycles. The molecule has 2 heterocycles. The number of nitrogens with zero attached hydrogens (tertiary/aromatic N) is 3. The molecule has 0 saturated carbocycles. The van der Waals surface area contributed by atoms with Crippen molar-refractivity contribution in [2.75, 3.05) is 20.2 Å². The summed E-state index contributed by atoms with van der Waals surface area (Å²) in [5.41, 5.74) is 0.450. The topological polar surface area (TPSA) is 47.4 Å². The van der Waals surface area contributed by atoms with Crippen LogP contribution in [-0.4, -0.2) is 40.6 Å². The number of carbonyl (C=O) groups excluding carboxylic acids is 1. The fourth-order valence-electron chi connectivity index (χ4n) is 3.43. The van der Waals surface area contributed by atoms with Crippen molar-refractivity contribution in [2.24, 2.45) is 0 Å². The number of benzene rings is 1. The van der Waals surface area contributed by atoms with Crippen LogP contribution >= 0.6 is 0 Å². The lowest BCUT2D eigenvalue weighted by molar-refractivity contribution is 0.0702. The van der Waals surface area contributed by atoms with E-state index in [1.165, 1.54) is 25.3 Å². The number of hydrogen-bond acceptors (Lipinski definition) is 3. The number of rotatable bonds is 4. The molecule has 134 valence electrons. The molecule has 1 saturated heterocycles. The molecule has 6 heteroatoms. The first-order chi connectivity index (χ1) is 12.0. The lowest BCUT2D eigenvalue weighted by Gasteiger charge is -2.33. The molecule has 3 rings (SSSR count). The molecule has 0 unspecified atom stereocenters. The van der Waals surface area contributed by atoms with Gasteiger partial charge in [0.05, 0.1) is 7.11 Å². The van der Waals surface area contributed by atoms with Gasteiger partial charge in [-0.1, -0.05) is 0 Å². The average Bonchev–Trinajstić information content (AvgIpc) is 3.12. The molecule has 2 aromatic rings. The fourth-order valence-corrected chi connectivity index (χ4v) is 3.43. The third-order valence-electron chi connectivity index (χ3n) is 4.73. The van der Waals surface area contributed by atoms with Crippen LogP contribution < -0.4 is 4.74 Å². The Morgan fingerprint density at radius 3 is 2.92 bits per heavy atom. The lowest BCUT2D eigenvalue weighted by atomic mass is 9.96. The van der Waals surface area contributed by atoms with Gasteiger partial charge in [-0.15, -0.1) is 0 Å². The maximum Gasteiger partial charge on any atom is 0.254 e. The summed E-state index contributed by atoms with van der Waals surface area (Å²) in [7, 11) is 1.40. The predicted octanol–water partition coefficient (Wildman–Crippen LogP) is 3.63. The molecule has 25 heavy (non-hydrogen) atoms. The molecule has 5 nitrogen and oxygen atoms in total. The van der Waals surface area contributed by atoms with Gasteiger partial charge in [0.15, 0.2) is 11.6 Å².